The summed E-state index contributed by atoms with van der Waals surface area (Å²) < 4.78 is 6.99. The average Bonchev–Trinajstić information content (AvgIpc) is 3.11. The first kappa shape index (κ1) is 10.3. The highest BCUT2D eigenvalue weighted by atomic mass is 127. The molecule has 1 saturated heterocycles. The Morgan fingerprint density at radius 2 is 1.31 bits per heavy atom. The third-order valence-electron chi connectivity index (χ3n) is 2.82. The number of hydrogen-bond donors (Lipinski definition) is 0. The van der Waals surface area contributed by atoms with Crippen LogP contribution in [0.25, 0.3) is 0 Å². The summed E-state index contributed by atoms with van der Waals surface area (Å²) in [6, 6.07) is 18.9. The van der Waals surface area contributed by atoms with Crippen molar-refractivity contribution in [1.82, 2.24) is 0 Å². The summed E-state index contributed by atoms with van der Waals surface area (Å²) in [5.41, 5.74) is 2.54. The van der Waals surface area contributed by atoms with Crippen LogP contribution in [0.2, 0.25) is 0 Å². The molecule has 1 heterocycles. The molecule has 1 fully saturated rings. The van der Waals surface area contributed by atoms with Gasteiger partial charge in [-0.1, -0.05) is 42.5 Å². The van der Waals surface area contributed by atoms with E-state index in [0.717, 1.165) is 0 Å². The van der Waals surface area contributed by atoms with E-state index < -0.39 is 0 Å². The van der Waals surface area contributed by atoms with Crippen molar-refractivity contribution in [2.24, 2.45) is 0 Å². The monoisotopic (exact) mass is 322 g/mol. The van der Waals surface area contributed by atoms with E-state index in [0.29, 0.717) is 0 Å². The summed E-state index contributed by atoms with van der Waals surface area (Å²) in [5, 5.41) is 0. The van der Waals surface area contributed by atoms with Crippen molar-refractivity contribution in [1.29, 1.82) is 0 Å². The molecule has 2 atom stereocenters. The fraction of sp³-hybridized carbons (Fsp3) is 0.143. The van der Waals surface area contributed by atoms with E-state index in [4.69, 9.17) is 4.74 Å². The Labute approximate surface area is 109 Å². The van der Waals surface area contributed by atoms with Gasteiger partial charge in [0.15, 0.2) is 0 Å². The maximum atomic E-state index is 5.73. The molecule has 0 aromatic heterocycles. The van der Waals surface area contributed by atoms with Crippen LogP contribution in [0.4, 0.5) is 0 Å². The summed E-state index contributed by atoms with van der Waals surface area (Å²) in [5.74, 6) is 0. The Morgan fingerprint density at radius 3 is 1.94 bits per heavy atom. The molecule has 0 bridgehead atoms. The molecule has 1 nitrogen and oxygen atoms in total. The fourth-order valence-corrected chi connectivity index (χ4v) is 2.27. The fourth-order valence-electron chi connectivity index (χ4n) is 1.91. The summed E-state index contributed by atoms with van der Waals surface area (Å²) in [7, 11) is 0. The molecule has 0 amide bonds. The molecule has 80 valence electrons. The Bertz CT molecular complexity index is 478. The molecule has 0 saturated carbocycles. The lowest BCUT2D eigenvalue weighted by atomic mass is 10.0. The average molecular weight is 322 g/mol. The highest BCUT2D eigenvalue weighted by Crippen LogP contribution is 2.50. The topological polar surface area (TPSA) is 12.5 Å². The smallest absolute Gasteiger partial charge is 0.114 e. The van der Waals surface area contributed by atoms with Gasteiger partial charge in [-0.15, -0.1) is 0 Å². The van der Waals surface area contributed by atoms with Crippen LogP contribution in [0, 0.1) is 3.57 Å². The number of hydrogen-bond acceptors (Lipinski definition) is 1. The molecule has 1 aliphatic heterocycles. The Kier molecular flexibility index (Phi) is 2.69. The van der Waals surface area contributed by atoms with Gasteiger partial charge in [0.1, 0.15) is 12.2 Å². The van der Waals surface area contributed by atoms with Crippen LogP contribution >= 0.6 is 22.6 Å². The van der Waals surface area contributed by atoms with E-state index in [1.807, 2.05) is 6.07 Å². The maximum Gasteiger partial charge on any atom is 0.114 e. The van der Waals surface area contributed by atoms with Gasteiger partial charge in [0, 0.05) is 3.57 Å². The van der Waals surface area contributed by atoms with E-state index in [9.17, 15) is 0 Å². The van der Waals surface area contributed by atoms with Crippen molar-refractivity contribution in [3.8, 4) is 0 Å². The molecule has 0 spiro atoms. The molecule has 2 heteroatoms. The van der Waals surface area contributed by atoms with Crippen molar-refractivity contribution < 1.29 is 4.74 Å². The number of benzene rings is 2. The lowest BCUT2D eigenvalue weighted by Crippen LogP contribution is -1.84. The minimum absolute atomic E-state index is 0.249. The summed E-state index contributed by atoms with van der Waals surface area (Å²) in [4.78, 5) is 0. The third kappa shape index (κ3) is 1.99. The quantitative estimate of drug-likeness (QED) is 0.599. The molecule has 0 aliphatic carbocycles. The van der Waals surface area contributed by atoms with Gasteiger partial charge in [0.25, 0.3) is 0 Å². The minimum atomic E-state index is 0.249. The zero-order chi connectivity index (χ0) is 11.0. The Hall–Kier alpha value is -0.870. The molecule has 2 aromatic rings. The first-order chi connectivity index (χ1) is 7.84. The lowest BCUT2D eigenvalue weighted by Gasteiger charge is -1.97. The SMILES string of the molecule is Ic1ccc([C@H]2O[C@H]2c2ccccc2)cc1. The van der Waals surface area contributed by atoms with Crippen molar-refractivity contribution >= 4 is 22.6 Å². The van der Waals surface area contributed by atoms with Crippen LogP contribution in [0.3, 0.4) is 0 Å². The predicted octanol–water partition coefficient (Wildman–Crippen LogP) is 4.10. The number of rotatable bonds is 2. The normalized spacial score (nSPS) is 23.1. The van der Waals surface area contributed by atoms with Gasteiger partial charge in [0.2, 0.25) is 0 Å². The van der Waals surface area contributed by atoms with Crippen LogP contribution < -0.4 is 0 Å². The standard InChI is InChI=1S/C14H11IO/c15-12-8-6-11(7-9-12)14-13(16-14)10-4-2-1-3-5-10/h1-9,13-14H/t13-,14+/m0/s1. The first-order valence-corrected chi connectivity index (χ1v) is 6.38. The van der Waals surface area contributed by atoms with Crippen molar-refractivity contribution in [2.45, 2.75) is 12.2 Å². The van der Waals surface area contributed by atoms with Crippen LogP contribution in [0.1, 0.15) is 23.3 Å². The van der Waals surface area contributed by atoms with Gasteiger partial charge < -0.3 is 4.74 Å². The predicted molar refractivity (Wildman–Crippen MR) is 72.2 cm³/mol. The van der Waals surface area contributed by atoms with Gasteiger partial charge >= 0.3 is 0 Å². The zero-order valence-corrected chi connectivity index (χ0v) is 10.8. The van der Waals surface area contributed by atoms with E-state index in [1.54, 1.807) is 0 Å². The minimum Gasteiger partial charge on any atom is -0.359 e. The highest BCUT2D eigenvalue weighted by Gasteiger charge is 2.41. The van der Waals surface area contributed by atoms with Gasteiger partial charge in [-0.05, 0) is 45.9 Å². The second-order valence-corrected chi connectivity index (χ2v) is 5.19. The van der Waals surface area contributed by atoms with Crippen molar-refractivity contribution in [3.05, 3.63) is 69.3 Å². The van der Waals surface area contributed by atoms with Gasteiger partial charge in [0.05, 0.1) is 0 Å². The second kappa shape index (κ2) is 4.18. The second-order valence-electron chi connectivity index (χ2n) is 3.94. The van der Waals surface area contributed by atoms with Crippen LogP contribution in [0.15, 0.2) is 54.6 Å². The van der Waals surface area contributed by atoms with Crippen LogP contribution in [0.5, 0.6) is 0 Å². The van der Waals surface area contributed by atoms with Crippen LogP contribution in [-0.2, 0) is 4.74 Å². The molecule has 3 rings (SSSR count). The molecular formula is C14H11IO. The van der Waals surface area contributed by atoms with Crippen molar-refractivity contribution in [3.63, 3.8) is 0 Å². The van der Waals surface area contributed by atoms with Gasteiger partial charge in [-0.2, -0.15) is 0 Å². The van der Waals surface area contributed by atoms with Gasteiger partial charge in [-0.25, -0.2) is 0 Å². The molecule has 0 radical (unpaired) electrons. The number of halogens is 1. The third-order valence-corrected chi connectivity index (χ3v) is 3.54. The Morgan fingerprint density at radius 1 is 0.750 bits per heavy atom. The molecular weight excluding hydrogens is 311 g/mol. The molecule has 0 N–H and O–H groups in total. The maximum absolute atomic E-state index is 5.73. The summed E-state index contributed by atoms with van der Waals surface area (Å²) >= 11 is 2.32. The van der Waals surface area contributed by atoms with Gasteiger partial charge in [-0.3, -0.25) is 0 Å². The Balaban J connectivity index is 1.79. The number of epoxide rings is 1. The van der Waals surface area contributed by atoms with E-state index in [1.165, 1.54) is 14.7 Å². The highest BCUT2D eigenvalue weighted by molar-refractivity contribution is 14.1. The molecule has 0 unspecified atom stereocenters. The lowest BCUT2D eigenvalue weighted by molar-refractivity contribution is 0.377. The first-order valence-electron chi connectivity index (χ1n) is 5.30. The largest absolute Gasteiger partial charge is 0.359 e. The molecule has 1 aliphatic rings. The molecule has 16 heavy (non-hydrogen) atoms. The number of ether oxygens (including phenoxy) is 1. The summed E-state index contributed by atoms with van der Waals surface area (Å²) in [6.45, 7) is 0. The zero-order valence-electron chi connectivity index (χ0n) is 8.64. The van der Waals surface area contributed by atoms with E-state index >= 15 is 0 Å². The van der Waals surface area contributed by atoms with Crippen LogP contribution in [-0.4, -0.2) is 0 Å². The van der Waals surface area contributed by atoms with E-state index in [2.05, 4.69) is 71.1 Å². The van der Waals surface area contributed by atoms with E-state index in [-0.39, 0.29) is 12.2 Å². The van der Waals surface area contributed by atoms with Crippen molar-refractivity contribution in [2.75, 3.05) is 0 Å². The molecule has 2 aromatic carbocycles. The summed E-state index contributed by atoms with van der Waals surface area (Å²) in [6.07, 6.45) is 0.501.